The van der Waals surface area contributed by atoms with Gasteiger partial charge in [0, 0.05) is 23.6 Å². The first-order chi connectivity index (χ1) is 11.4. The molecule has 0 radical (unpaired) electrons. The highest BCUT2D eigenvalue weighted by atomic mass is 16.4. The standard InChI is InChI=1S/C15H15N3O6/c19-11-4-3-10(13(22)17-11)18-14(23)8-2-1-7(16-6-12(20)21)5-9(8)15(18)24/h1-2,7,10,16H,3-6H2,(H,20,21)(H,17,19,22). The van der Waals surface area contributed by atoms with Crippen molar-refractivity contribution < 1.29 is 29.1 Å². The van der Waals surface area contributed by atoms with E-state index in [9.17, 15) is 24.0 Å². The first kappa shape index (κ1) is 16.1. The van der Waals surface area contributed by atoms with E-state index in [2.05, 4.69) is 10.6 Å². The van der Waals surface area contributed by atoms with Crippen molar-refractivity contribution >= 4 is 29.6 Å². The van der Waals surface area contributed by atoms with Gasteiger partial charge in [0.1, 0.15) is 6.04 Å². The zero-order valence-corrected chi connectivity index (χ0v) is 12.6. The maximum atomic E-state index is 12.6. The fourth-order valence-electron chi connectivity index (χ4n) is 3.05. The van der Waals surface area contributed by atoms with Crippen LogP contribution in [0.15, 0.2) is 23.3 Å². The average Bonchev–Trinajstić information content (AvgIpc) is 2.77. The van der Waals surface area contributed by atoms with E-state index in [1.54, 1.807) is 6.08 Å². The zero-order valence-electron chi connectivity index (χ0n) is 12.6. The van der Waals surface area contributed by atoms with Crippen molar-refractivity contribution in [2.24, 2.45) is 0 Å². The maximum absolute atomic E-state index is 12.6. The molecular weight excluding hydrogens is 318 g/mol. The third-order valence-corrected chi connectivity index (χ3v) is 4.21. The van der Waals surface area contributed by atoms with Crippen molar-refractivity contribution in [3.8, 4) is 0 Å². The van der Waals surface area contributed by atoms with Gasteiger partial charge in [-0.25, -0.2) is 0 Å². The molecule has 2 atom stereocenters. The molecule has 0 aromatic rings. The Hall–Kier alpha value is -2.81. The van der Waals surface area contributed by atoms with Gasteiger partial charge in [-0.1, -0.05) is 12.2 Å². The van der Waals surface area contributed by atoms with Gasteiger partial charge in [0.25, 0.3) is 11.8 Å². The van der Waals surface area contributed by atoms with E-state index < -0.39 is 35.6 Å². The second kappa shape index (κ2) is 6.00. The molecule has 3 aliphatic rings. The van der Waals surface area contributed by atoms with Crippen LogP contribution in [0, 0.1) is 0 Å². The predicted molar refractivity (Wildman–Crippen MR) is 78.2 cm³/mol. The molecule has 2 aliphatic heterocycles. The first-order valence-electron chi connectivity index (χ1n) is 7.46. The van der Waals surface area contributed by atoms with Crippen LogP contribution >= 0.6 is 0 Å². The van der Waals surface area contributed by atoms with Gasteiger partial charge in [0.15, 0.2) is 0 Å². The molecule has 3 rings (SSSR count). The Kier molecular flexibility index (Phi) is 4.02. The van der Waals surface area contributed by atoms with Crippen molar-refractivity contribution in [2.45, 2.75) is 31.3 Å². The molecule has 24 heavy (non-hydrogen) atoms. The molecule has 1 aliphatic carbocycles. The molecule has 1 saturated heterocycles. The number of amides is 4. The third-order valence-electron chi connectivity index (χ3n) is 4.21. The summed E-state index contributed by atoms with van der Waals surface area (Å²) in [6, 6.07) is -1.37. The van der Waals surface area contributed by atoms with E-state index in [-0.39, 0.29) is 43.0 Å². The number of carboxylic acid groups (broad SMARTS) is 1. The van der Waals surface area contributed by atoms with Gasteiger partial charge >= 0.3 is 5.97 Å². The quantitative estimate of drug-likeness (QED) is 0.531. The molecule has 9 nitrogen and oxygen atoms in total. The molecule has 0 aromatic carbocycles. The van der Waals surface area contributed by atoms with Crippen molar-refractivity contribution in [2.75, 3.05) is 6.54 Å². The van der Waals surface area contributed by atoms with Crippen LogP contribution in [0.2, 0.25) is 0 Å². The molecule has 0 aromatic heterocycles. The van der Waals surface area contributed by atoms with E-state index >= 15 is 0 Å². The van der Waals surface area contributed by atoms with E-state index in [1.807, 2.05) is 0 Å². The topological polar surface area (TPSA) is 133 Å². The molecular formula is C15H15N3O6. The van der Waals surface area contributed by atoms with E-state index in [0.717, 1.165) is 4.90 Å². The summed E-state index contributed by atoms with van der Waals surface area (Å²) in [5.41, 5.74) is 0.480. The molecule has 0 spiro atoms. The summed E-state index contributed by atoms with van der Waals surface area (Å²) in [7, 11) is 0. The van der Waals surface area contributed by atoms with Gasteiger partial charge in [-0.15, -0.1) is 0 Å². The third kappa shape index (κ3) is 2.73. The average molecular weight is 333 g/mol. The van der Waals surface area contributed by atoms with E-state index in [1.165, 1.54) is 6.08 Å². The molecule has 2 heterocycles. The van der Waals surface area contributed by atoms with Gasteiger partial charge < -0.3 is 10.4 Å². The Morgan fingerprint density at radius 2 is 2.04 bits per heavy atom. The lowest BCUT2D eigenvalue weighted by atomic mass is 9.96. The number of carboxylic acids is 1. The van der Waals surface area contributed by atoms with Crippen LogP contribution < -0.4 is 10.6 Å². The fraction of sp³-hybridized carbons (Fsp3) is 0.400. The number of rotatable bonds is 4. The predicted octanol–water partition coefficient (Wildman–Crippen LogP) is -1.54. The number of piperidine rings is 1. The van der Waals surface area contributed by atoms with Gasteiger partial charge in [-0.05, 0) is 12.8 Å². The van der Waals surface area contributed by atoms with Gasteiger partial charge in [0.05, 0.1) is 6.54 Å². The summed E-state index contributed by atoms with van der Waals surface area (Å²) >= 11 is 0. The number of aliphatic carboxylic acids is 1. The Morgan fingerprint density at radius 1 is 1.29 bits per heavy atom. The fourth-order valence-corrected chi connectivity index (χ4v) is 3.05. The van der Waals surface area contributed by atoms with Crippen LogP contribution in [0.5, 0.6) is 0 Å². The number of hydrogen-bond donors (Lipinski definition) is 3. The highest BCUT2D eigenvalue weighted by Crippen LogP contribution is 2.32. The summed E-state index contributed by atoms with van der Waals surface area (Å²) in [6.45, 7) is -0.267. The molecule has 1 fully saturated rings. The highest BCUT2D eigenvalue weighted by molar-refractivity contribution is 6.23. The molecule has 2 unspecified atom stereocenters. The molecule has 3 N–H and O–H groups in total. The summed E-state index contributed by atoms with van der Waals surface area (Å²) in [5, 5.41) is 13.6. The van der Waals surface area contributed by atoms with Crippen molar-refractivity contribution in [1.82, 2.24) is 15.5 Å². The van der Waals surface area contributed by atoms with E-state index in [0.29, 0.717) is 0 Å². The number of imide groups is 2. The normalized spacial score (nSPS) is 26.8. The van der Waals surface area contributed by atoms with Gasteiger partial charge in [0.2, 0.25) is 11.8 Å². The summed E-state index contributed by atoms with van der Waals surface area (Å²) in [4.78, 5) is 59.7. The second-order valence-corrected chi connectivity index (χ2v) is 5.78. The Balaban J connectivity index is 1.75. The van der Waals surface area contributed by atoms with Crippen molar-refractivity contribution in [1.29, 1.82) is 0 Å². The molecule has 4 amide bonds. The number of nitrogens with zero attached hydrogens (tertiary/aromatic N) is 1. The molecule has 126 valence electrons. The summed E-state index contributed by atoms with van der Waals surface area (Å²) < 4.78 is 0. The van der Waals surface area contributed by atoms with Gasteiger partial charge in [-0.3, -0.25) is 34.2 Å². The Morgan fingerprint density at radius 3 is 2.71 bits per heavy atom. The first-order valence-corrected chi connectivity index (χ1v) is 7.46. The number of nitrogens with one attached hydrogen (secondary N) is 2. The lowest BCUT2D eigenvalue weighted by Gasteiger charge is -2.28. The minimum atomic E-state index is -1.03. The zero-order chi connectivity index (χ0) is 17.4. The lowest BCUT2D eigenvalue weighted by Crippen LogP contribution is -2.54. The van der Waals surface area contributed by atoms with Crippen LogP contribution in [-0.2, 0) is 24.0 Å². The number of hydrogen-bond acceptors (Lipinski definition) is 6. The molecule has 0 saturated carbocycles. The second-order valence-electron chi connectivity index (χ2n) is 5.78. The van der Waals surface area contributed by atoms with Crippen molar-refractivity contribution in [3.05, 3.63) is 23.3 Å². The summed E-state index contributed by atoms with van der Waals surface area (Å²) in [5.74, 6) is -3.22. The molecule has 9 heteroatoms. The van der Waals surface area contributed by atoms with Crippen LogP contribution in [0.1, 0.15) is 19.3 Å². The van der Waals surface area contributed by atoms with Gasteiger partial charge in [-0.2, -0.15) is 0 Å². The smallest absolute Gasteiger partial charge is 0.317 e. The number of carbonyl (C=O) groups excluding carboxylic acids is 4. The molecule has 0 bridgehead atoms. The van der Waals surface area contributed by atoms with Crippen LogP contribution in [0.25, 0.3) is 0 Å². The minimum Gasteiger partial charge on any atom is -0.480 e. The Bertz CT molecular complexity index is 723. The minimum absolute atomic E-state index is 0.0662. The number of carbonyl (C=O) groups is 5. The maximum Gasteiger partial charge on any atom is 0.317 e. The van der Waals surface area contributed by atoms with Crippen LogP contribution in [0.3, 0.4) is 0 Å². The van der Waals surface area contributed by atoms with E-state index in [4.69, 9.17) is 5.11 Å². The Labute approximate surface area is 136 Å². The lowest BCUT2D eigenvalue weighted by molar-refractivity contribution is -0.150. The summed E-state index contributed by atoms with van der Waals surface area (Å²) in [6.07, 6.45) is 3.45. The largest absolute Gasteiger partial charge is 0.480 e. The van der Waals surface area contributed by atoms with Crippen LogP contribution in [0.4, 0.5) is 0 Å². The monoisotopic (exact) mass is 333 g/mol. The highest BCUT2D eigenvalue weighted by Gasteiger charge is 2.46. The van der Waals surface area contributed by atoms with Crippen molar-refractivity contribution in [3.63, 3.8) is 0 Å². The van der Waals surface area contributed by atoms with Crippen LogP contribution in [-0.4, -0.2) is 58.2 Å². The SMILES string of the molecule is O=C(O)CNC1C=CC2=C(C1)C(=O)N(C1CCC(=O)NC1=O)C2=O.